The molecule has 0 saturated carbocycles. The number of benzene rings is 2. The molecular weight excluding hydrogens is 527 g/mol. The van der Waals surface area contributed by atoms with Crippen molar-refractivity contribution in [1.82, 2.24) is 20.4 Å². The maximum absolute atomic E-state index is 12.8. The number of anilines is 2. The summed E-state index contributed by atoms with van der Waals surface area (Å²) in [7, 11) is -1.81. The van der Waals surface area contributed by atoms with Crippen LogP contribution in [0.4, 0.5) is 11.6 Å². The zero-order chi connectivity index (χ0) is 25.7. The van der Waals surface area contributed by atoms with Crippen LogP contribution >= 0.6 is 23.2 Å². The summed E-state index contributed by atoms with van der Waals surface area (Å²) in [6, 6.07) is 14.8. The van der Waals surface area contributed by atoms with Crippen molar-refractivity contribution in [2.75, 3.05) is 10.0 Å². The molecule has 2 amide bonds. The first kappa shape index (κ1) is 25.2. The molecule has 182 valence electrons. The van der Waals surface area contributed by atoms with Crippen LogP contribution in [0, 0.1) is 0 Å². The van der Waals surface area contributed by atoms with Crippen LogP contribution in [0.3, 0.4) is 0 Å². The predicted octanol–water partition coefficient (Wildman–Crippen LogP) is 4.35. The van der Waals surface area contributed by atoms with E-state index in [1.54, 1.807) is 30.5 Å². The van der Waals surface area contributed by atoms with Gasteiger partial charge < -0.3 is 5.32 Å². The summed E-state index contributed by atoms with van der Waals surface area (Å²) in [5.41, 5.74) is 3.45. The van der Waals surface area contributed by atoms with E-state index in [0.717, 1.165) is 12.4 Å². The highest BCUT2D eigenvalue weighted by molar-refractivity contribution is 7.86. The summed E-state index contributed by atoms with van der Waals surface area (Å²) in [4.78, 5) is 36.5. The fraction of sp³-hybridized carbons (Fsp3) is 0. The second kappa shape index (κ2) is 11.2. The lowest BCUT2D eigenvalue weighted by atomic mass is 10.1. The SMILES string of the molecule is O=C(NO)c1cnc(NS(=O)c2ccc(C(=O)Nc3ccc(Cl)c(-c4ccccn4)c3)c(Cl)c2)nc1. The number of pyridine rings is 1. The van der Waals surface area contributed by atoms with E-state index in [4.69, 9.17) is 28.4 Å². The van der Waals surface area contributed by atoms with E-state index in [1.807, 2.05) is 12.1 Å². The molecule has 4 rings (SSSR count). The zero-order valence-electron chi connectivity index (χ0n) is 18.1. The van der Waals surface area contributed by atoms with E-state index in [9.17, 15) is 13.8 Å². The number of hydroxylamine groups is 1. The molecule has 2 aromatic heterocycles. The molecule has 2 heterocycles. The zero-order valence-corrected chi connectivity index (χ0v) is 20.4. The molecule has 0 radical (unpaired) electrons. The molecule has 0 aliphatic heterocycles. The van der Waals surface area contributed by atoms with E-state index in [0.29, 0.717) is 22.0 Å². The van der Waals surface area contributed by atoms with Gasteiger partial charge in [0.05, 0.1) is 31.8 Å². The molecule has 0 fully saturated rings. The van der Waals surface area contributed by atoms with Gasteiger partial charge in [-0.3, -0.25) is 24.5 Å². The third kappa shape index (κ3) is 5.83. The molecule has 4 N–H and O–H groups in total. The minimum absolute atomic E-state index is 0.0140. The first-order valence-electron chi connectivity index (χ1n) is 10.1. The molecule has 0 saturated heterocycles. The van der Waals surface area contributed by atoms with Crippen LogP contribution in [-0.2, 0) is 11.0 Å². The summed E-state index contributed by atoms with van der Waals surface area (Å²) in [5.74, 6) is -1.28. The quantitative estimate of drug-likeness (QED) is 0.200. The number of nitrogens with one attached hydrogen (secondary N) is 3. The lowest BCUT2D eigenvalue weighted by Gasteiger charge is -2.11. The van der Waals surface area contributed by atoms with Gasteiger partial charge in [0.2, 0.25) is 5.95 Å². The van der Waals surface area contributed by atoms with Crippen LogP contribution in [0.2, 0.25) is 10.0 Å². The Balaban J connectivity index is 1.46. The van der Waals surface area contributed by atoms with Gasteiger partial charge in [-0.15, -0.1) is 0 Å². The van der Waals surface area contributed by atoms with E-state index in [-0.39, 0.29) is 27.0 Å². The van der Waals surface area contributed by atoms with Crippen LogP contribution in [0.15, 0.2) is 78.1 Å². The van der Waals surface area contributed by atoms with Crippen LogP contribution < -0.4 is 15.5 Å². The maximum atomic E-state index is 12.8. The second-order valence-electron chi connectivity index (χ2n) is 7.11. The smallest absolute Gasteiger partial charge is 0.277 e. The molecule has 2 aromatic carbocycles. The van der Waals surface area contributed by atoms with Gasteiger partial charge in [0.25, 0.3) is 11.8 Å². The number of rotatable bonds is 7. The van der Waals surface area contributed by atoms with E-state index in [2.05, 4.69) is 25.0 Å². The van der Waals surface area contributed by atoms with Gasteiger partial charge in [-0.1, -0.05) is 29.3 Å². The highest BCUT2D eigenvalue weighted by Crippen LogP contribution is 2.30. The number of amides is 2. The van der Waals surface area contributed by atoms with Crippen molar-refractivity contribution in [1.29, 1.82) is 0 Å². The van der Waals surface area contributed by atoms with Crippen molar-refractivity contribution in [2.24, 2.45) is 0 Å². The normalized spacial score (nSPS) is 11.4. The molecule has 0 aliphatic carbocycles. The van der Waals surface area contributed by atoms with Crippen molar-refractivity contribution in [3.8, 4) is 11.3 Å². The lowest BCUT2D eigenvalue weighted by molar-refractivity contribution is 0.0705. The summed E-state index contributed by atoms with van der Waals surface area (Å²) >= 11 is 12.6. The van der Waals surface area contributed by atoms with Crippen molar-refractivity contribution >= 4 is 57.6 Å². The fourth-order valence-corrected chi connectivity index (χ4v) is 4.37. The van der Waals surface area contributed by atoms with Crippen LogP contribution in [0.25, 0.3) is 11.3 Å². The predicted molar refractivity (Wildman–Crippen MR) is 135 cm³/mol. The highest BCUT2D eigenvalue weighted by atomic mass is 35.5. The Kier molecular flexibility index (Phi) is 7.86. The number of hydrogen-bond donors (Lipinski definition) is 4. The summed E-state index contributed by atoms with van der Waals surface area (Å²) < 4.78 is 15.2. The average molecular weight is 543 g/mol. The first-order valence-corrected chi connectivity index (χ1v) is 12.0. The molecule has 10 nitrogen and oxygen atoms in total. The summed E-state index contributed by atoms with van der Waals surface area (Å²) in [5, 5.41) is 12.0. The van der Waals surface area contributed by atoms with Gasteiger partial charge >= 0.3 is 0 Å². The van der Waals surface area contributed by atoms with Gasteiger partial charge in [-0.25, -0.2) is 19.7 Å². The molecule has 4 aromatic rings. The lowest BCUT2D eigenvalue weighted by Crippen LogP contribution is -2.19. The third-order valence-corrected chi connectivity index (χ3v) is 6.46. The molecule has 1 atom stereocenters. The Labute approximate surface area is 217 Å². The van der Waals surface area contributed by atoms with Gasteiger partial charge in [0, 0.05) is 29.8 Å². The van der Waals surface area contributed by atoms with Crippen molar-refractivity contribution in [2.45, 2.75) is 4.90 Å². The van der Waals surface area contributed by atoms with E-state index < -0.39 is 22.8 Å². The molecular formula is C23H16Cl2N6O4S. The number of halogens is 2. The highest BCUT2D eigenvalue weighted by Gasteiger charge is 2.16. The Morgan fingerprint density at radius 3 is 2.33 bits per heavy atom. The van der Waals surface area contributed by atoms with Crippen LogP contribution in [0.5, 0.6) is 0 Å². The Hall–Kier alpha value is -3.90. The van der Waals surface area contributed by atoms with E-state index >= 15 is 0 Å². The largest absolute Gasteiger partial charge is 0.322 e. The number of hydrogen-bond acceptors (Lipinski definition) is 7. The number of nitrogens with zero attached hydrogens (tertiary/aromatic N) is 3. The Morgan fingerprint density at radius 2 is 1.67 bits per heavy atom. The molecule has 36 heavy (non-hydrogen) atoms. The van der Waals surface area contributed by atoms with Gasteiger partial charge in [-0.2, -0.15) is 0 Å². The molecule has 0 aliphatic rings. The Bertz CT molecular complexity index is 1460. The first-order chi connectivity index (χ1) is 17.4. The number of carbonyl (C=O) groups is 2. The topological polar surface area (TPSA) is 146 Å². The fourth-order valence-electron chi connectivity index (χ4n) is 3.02. The molecule has 0 bridgehead atoms. The minimum atomic E-state index is -1.81. The molecule has 13 heteroatoms. The third-order valence-electron chi connectivity index (χ3n) is 4.76. The molecule has 0 spiro atoms. The van der Waals surface area contributed by atoms with E-state index in [1.165, 1.54) is 23.7 Å². The standard InChI is InChI=1S/C23H16Cl2N6O4S/c24-18-7-4-14(9-17(18)20-3-1-2-8-26-20)29-22(33)16-6-5-15(10-19(16)25)36(35)31-23-27-11-13(12-28-23)21(32)30-34/h1-12,34H,(H,29,33)(H,30,32)(H,27,28,31). The van der Waals surface area contributed by atoms with Crippen LogP contribution in [-0.4, -0.2) is 36.2 Å². The van der Waals surface area contributed by atoms with Crippen molar-refractivity contribution < 1.29 is 19.0 Å². The maximum Gasteiger partial charge on any atom is 0.277 e. The average Bonchev–Trinajstić information content (AvgIpc) is 2.90. The van der Waals surface area contributed by atoms with Crippen LogP contribution in [0.1, 0.15) is 20.7 Å². The molecule has 1 unspecified atom stereocenters. The van der Waals surface area contributed by atoms with Gasteiger partial charge in [0.15, 0.2) is 11.0 Å². The summed E-state index contributed by atoms with van der Waals surface area (Å²) in [6.45, 7) is 0. The van der Waals surface area contributed by atoms with Crippen molar-refractivity contribution in [3.05, 3.63) is 94.4 Å². The van der Waals surface area contributed by atoms with Crippen molar-refractivity contribution in [3.63, 3.8) is 0 Å². The summed E-state index contributed by atoms with van der Waals surface area (Å²) in [6.07, 6.45) is 3.94. The Morgan fingerprint density at radius 1 is 0.889 bits per heavy atom. The van der Waals surface area contributed by atoms with Gasteiger partial charge in [-0.05, 0) is 48.5 Å². The monoisotopic (exact) mass is 542 g/mol. The minimum Gasteiger partial charge on any atom is -0.322 e. The number of aromatic nitrogens is 3. The van der Waals surface area contributed by atoms with Gasteiger partial charge in [0.1, 0.15) is 0 Å². The number of carbonyl (C=O) groups excluding carboxylic acids is 2. The second-order valence-corrected chi connectivity index (χ2v) is 9.14.